The lowest BCUT2D eigenvalue weighted by atomic mass is 10.1. The van der Waals surface area contributed by atoms with Gasteiger partial charge in [0.05, 0.1) is 22.5 Å². The second-order valence-corrected chi connectivity index (χ2v) is 6.37. The van der Waals surface area contributed by atoms with E-state index >= 15 is 0 Å². The van der Waals surface area contributed by atoms with E-state index in [1.807, 2.05) is 41.5 Å². The van der Waals surface area contributed by atoms with Crippen LogP contribution in [0.3, 0.4) is 0 Å². The summed E-state index contributed by atoms with van der Waals surface area (Å²) in [6, 6.07) is 9.88. The van der Waals surface area contributed by atoms with Crippen molar-refractivity contribution in [3.8, 4) is 11.3 Å². The molecule has 1 aliphatic heterocycles. The van der Waals surface area contributed by atoms with Gasteiger partial charge >= 0.3 is 5.97 Å². The van der Waals surface area contributed by atoms with E-state index in [0.717, 1.165) is 5.56 Å². The van der Waals surface area contributed by atoms with E-state index in [-0.39, 0.29) is 11.5 Å². The van der Waals surface area contributed by atoms with Gasteiger partial charge in [0.1, 0.15) is 11.5 Å². The molecule has 6 nitrogen and oxygen atoms in total. The van der Waals surface area contributed by atoms with Crippen LogP contribution < -0.4 is 0 Å². The summed E-state index contributed by atoms with van der Waals surface area (Å²) >= 11 is 0. The Balaban J connectivity index is 0.00000190. The quantitative estimate of drug-likeness (QED) is 0.314. The van der Waals surface area contributed by atoms with Crippen molar-refractivity contribution in [2.24, 2.45) is 5.10 Å². The van der Waals surface area contributed by atoms with Crippen LogP contribution in [0.1, 0.15) is 64.6 Å². The van der Waals surface area contributed by atoms with Crippen molar-refractivity contribution in [3.05, 3.63) is 103 Å². The van der Waals surface area contributed by atoms with Gasteiger partial charge in [-0.1, -0.05) is 85.1 Å². The molecule has 192 valence electrons. The Labute approximate surface area is 215 Å². The summed E-state index contributed by atoms with van der Waals surface area (Å²) in [6.07, 6.45) is 9.94. The number of hydrogen-bond acceptors (Lipinski definition) is 4. The summed E-state index contributed by atoms with van der Waals surface area (Å²) in [4.78, 5) is 23.9. The monoisotopic (exact) mass is 490 g/mol. The number of carboxylic acid groups (broad SMARTS) is 1. The van der Waals surface area contributed by atoms with Gasteiger partial charge in [-0.2, -0.15) is 10.1 Å². The smallest absolute Gasteiger partial charge is 0.335 e. The van der Waals surface area contributed by atoms with Crippen molar-refractivity contribution in [1.82, 2.24) is 5.01 Å². The molecular formula is C30H38N2O4. The molecule has 36 heavy (non-hydrogen) atoms. The third kappa shape index (κ3) is 8.55. The molecule has 0 bridgehead atoms. The number of carboxylic acids is 1. The topological polar surface area (TPSA) is 83.1 Å². The van der Waals surface area contributed by atoms with Crippen LogP contribution in [0, 0.1) is 0 Å². The number of amides is 1. The van der Waals surface area contributed by atoms with Crippen LogP contribution in [0.4, 0.5) is 0 Å². The van der Waals surface area contributed by atoms with Crippen molar-refractivity contribution >= 4 is 23.7 Å². The van der Waals surface area contributed by atoms with Crippen molar-refractivity contribution in [1.29, 1.82) is 0 Å². The van der Waals surface area contributed by atoms with Crippen molar-refractivity contribution in [2.45, 2.75) is 48.5 Å². The van der Waals surface area contributed by atoms with E-state index in [2.05, 4.69) is 18.3 Å². The maximum absolute atomic E-state index is 12.9. The highest BCUT2D eigenvalue weighted by Gasteiger charge is 2.29. The van der Waals surface area contributed by atoms with Gasteiger partial charge in [0.2, 0.25) is 0 Å². The third-order valence-corrected chi connectivity index (χ3v) is 4.33. The molecule has 1 aromatic carbocycles. The SMILES string of the molecule is C=C/C=C\C(=C/C=C)N1N=C(C)/C(=C/c2ccc(-c3ccc(C(=O)O)cc3)o2)C1=O.CC.CC.CC. The van der Waals surface area contributed by atoms with E-state index in [0.29, 0.717) is 28.5 Å². The van der Waals surface area contributed by atoms with E-state index in [9.17, 15) is 9.59 Å². The molecule has 0 atom stereocenters. The molecule has 2 aromatic rings. The Hall–Kier alpha value is -4.19. The molecule has 1 amide bonds. The average molecular weight is 491 g/mol. The Bertz CT molecular complexity index is 1130. The number of aromatic carboxylic acids is 1. The number of allylic oxidation sites excluding steroid dienone is 5. The van der Waals surface area contributed by atoms with Crippen LogP contribution in [0.25, 0.3) is 17.4 Å². The number of benzene rings is 1. The average Bonchev–Trinajstić information content (AvgIpc) is 3.50. The summed E-state index contributed by atoms with van der Waals surface area (Å²) < 4.78 is 5.83. The number of hydrazone groups is 1. The standard InChI is InChI=1S/C24H20N2O4.3C2H6/c1-4-6-8-19(7-5-2)26-23(27)21(16(3)25-26)15-20-13-14-22(30-20)17-9-11-18(12-10-17)24(28)29;3*1-2/h4-15H,1-2H2,3H3,(H,28,29);3*1-2H3/b8-6-,19-7+,21-15-;;;. The molecule has 0 fully saturated rings. The molecule has 0 aliphatic carbocycles. The molecule has 0 saturated heterocycles. The first-order chi connectivity index (χ1) is 17.4. The van der Waals surface area contributed by atoms with E-state index < -0.39 is 5.97 Å². The lowest BCUT2D eigenvalue weighted by Gasteiger charge is -2.12. The van der Waals surface area contributed by atoms with Crippen LogP contribution in [0.2, 0.25) is 0 Å². The van der Waals surface area contributed by atoms with E-state index in [1.54, 1.807) is 67.6 Å². The molecule has 3 rings (SSSR count). The van der Waals surface area contributed by atoms with Crippen molar-refractivity contribution in [3.63, 3.8) is 0 Å². The van der Waals surface area contributed by atoms with Crippen LogP contribution >= 0.6 is 0 Å². The molecular weight excluding hydrogens is 452 g/mol. The lowest BCUT2D eigenvalue weighted by Crippen LogP contribution is -2.20. The maximum Gasteiger partial charge on any atom is 0.335 e. The largest absolute Gasteiger partial charge is 0.478 e. The molecule has 0 unspecified atom stereocenters. The van der Waals surface area contributed by atoms with Gasteiger partial charge < -0.3 is 9.52 Å². The fraction of sp³-hybridized carbons (Fsp3) is 0.233. The van der Waals surface area contributed by atoms with E-state index in [1.165, 1.54) is 17.1 Å². The zero-order chi connectivity index (χ0) is 27.7. The van der Waals surface area contributed by atoms with Gasteiger partial charge in [-0.05, 0) is 49.4 Å². The minimum absolute atomic E-state index is 0.199. The number of furan rings is 1. The zero-order valence-electron chi connectivity index (χ0n) is 22.4. The zero-order valence-corrected chi connectivity index (χ0v) is 22.4. The summed E-state index contributed by atoms with van der Waals surface area (Å²) in [7, 11) is 0. The molecule has 0 radical (unpaired) electrons. The first-order valence-electron chi connectivity index (χ1n) is 12.1. The minimum Gasteiger partial charge on any atom is -0.478 e. The lowest BCUT2D eigenvalue weighted by molar-refractivity contribution is -0.123. The highest BCUT2D eigenvalue weighted by molar-refractivity contribution is 6.27. The Morgan fingerprint density at radius 1 is 0.972 bits per heavy atom. The predicted molar refractivity (Wildman–Crippen MR) is 151 cm³/mol. The number of rotatable bonds is 7. The molecule has 0 saturated carbocycles. The number of carbonyl (C=O) groups is 2. The molecule has 6 heteroatoms. The fourth-order valence-corrected chi connectivity index (χ4v) is 2.85. The van der Waals surface area contributed by atoms with Crippen LogP contribution in [-0.4, -0.2) is 27.7 Å². The van der Waals surface area contributed by atoms with E-state index in [4.69, 9.17) is 9.52 Å². The highest BCUT2D eigenvalue weighted by Crippen LogP contribution is 2.27. The van der Waals surface area contributed by atoms with Crippen LogP contribution in [0.5, 0.6) is 0 Å². The van der Waals surface area contributed by atoms with Crippen LogP contribution in [0.15, 0.2) is 101 Å². The normalized spacial score (nSPS) is 13.6. The summed E-state index contributed by atoms with van der Waals surface area (Å²) in [5.74, 6) is -0.212. The number of nitrogens with zero attached hydrogens (tertiary/aromatic N) is 2. The first kappa shape index (κ1) is 31.8. The summed E-state index contributed by atoms with van der Waals surface area (Å²) in [5.41, 5.74) is 2.48. The second kappa shape index (κ2) is 17.3. The second-order valence-electron chi connectivity index (χ2n) is 6.37. The van der Waals surface area contributed by atoms with Gasteiger partial charge in [0.15, 0.2) is 0 Å². The Kier molecular flexibility index (Phi) is 15.3. The first-order valence-corrected chi connectivity index (χ1v) is 12.1. The summed E-state index contributed by atoms with van der Waals surface area (Å²) in [5, 5.41) is 14.7. The minimum atomic E-state index is -0.988. The van der Waals surface area contributed by atoms with Gasteiger partial charge in [0, 0.05) is 5.56 Å². The van der Waals surface area contributed by atoms with Gasteiger partial charge in [-0.3, -0.25) is 4.79 Å². The Morgan fingerprint density at radius 2 is 1.58 bits per heavy atom. The molecule has 1 aromatic heterocycles. The van der Waals surface area contributed by atoms with Gasteiger partial charge in [0.25, 0.3) is 5.91 Å². The molecule has 1 aliphatic rings. The fourth-order valence-electron chi connectivity index (χ4n) is 2.85. The van der Waals surface area contributed by atoms with Crippen LogP contribution in [-0.2, 0) is 4.79 Å². The molecule has 2 heterocycles. The molecule has 1 N–H and O–H groups in total. The Morgan fingerprint density at radius 3 is 2.11 bits per heavy atom. The van der Waals surface area contributed by atoms with Gasteiger partial charge in [-0.15, -0.1) is 0 Å². The maximum atomic E-state index is 12.9. The molecule has 0 spiro atoms. The van der Waals surface area contributed by atoms with Crippen molar-refractivity contribution < 1.29 is 19.1 Å². The van der Waals surface area contributed by atoms with Crippen molar-refractivity contribution in [2.75, 3.05) is 0 Å². The summed E-state index contributed by atoms with van der Waals surface area (Å²) in [6.45, 7) is 21.1. The number of carbonyl (C=O) groups excluding carboxylic acids is 1. The third-order valence-electron chi connectivity index (χ3n) is 4.33. The highest BCUT2D eigenvalue weighted by atomic mass is 16.4. The number of hydrogen-bond donors (Lipinski definition) is 1. The predicted octanol–water partition coefficient (Wildman–Crippen LogP) is 8.14. The van der Waals surface area contributed by atoms with Gasteiger partial charge in [-0.25, -0.2) is 4.79 Å².